The van der Waals surface area contributed by atoms with E-state index < -0.39 is 261 Å². The van der Waals surface area contributed by atoms with Gasteiger partial charge in [0.2, 0.25) is 6.71 Å². The second-order valence-corrected chi connectivity index (χ2v) is 17.2. The van der Waals surface area contributed by atoms with Gasteiger partial charge < -0.3 is 28.4 Å². The SMILES string of the molecule is COC(c1cc(B(c2cc(C(OC)(C(F)(F)F)C(F)(F)F)cc(C(OC)(C(F)(F)F)C(F)(F)F)c2)c2cc(C(OC)(C(F)(F)F)C(F)(F)F)cc(C(OC)(C(F)(F)F)C(F)(F)F)c2)cc(C(OC)(C(F)(F)F)C(F)(F)F)c1)(C(F)(F)F)C(F)(F)F. The molecular formula is C42H27BF36O6. The van der Waals surface area contributed by atoms with Gasteiger partial charge in [-0.15, -0.1) is 0 Å². The summed E-state index contributed by atoms with van der Waals surface area (Å²) >= 11 is 0. The van der Waals surface area contributed by atoms with E-state index in [1.54, 1.807) is 0 Å². The number of alkyl halides is 36. The van der Waals surface area contributed by atoms with Gasteiger partial charge in [0, 0.05) is 76.0 Å². The summed E-state index contributed by atoms with van der Waals surface area (Å²) in [7, 11) is -4.91. The number of rotatable bonds is 15. The molecule has 43 heteroatoms. The number of halogens is 36. The molecule has 0 aliphatic rings. The molecule has 3 aromatic rings. The van der Waals surface area contributed by atoms with E-state index in [2.05, 4.69) is 28.4 Å². The molecule has 85 heavy (non-hydrogen) atoms. The summed E-state index contributed by atoms with van der Waals surface area (Å²) in [6.07, 6.45) is -91.0. The van der Waals surface area contributed by atoms with Crippen LogP contribution in [0.5, 0.6) is 0 Å². The second kappa shape index (κ2) is 21.9. The average Bonchev–Trinajstić information content (AvgIpc) is 0.867. The quantitative estimate of drug-likeness (QED) is 0.112. The Morgan fingerprint density at radius 2 is 0.282 bits per heavy atom. The number of methoxy groups -OCH3 is 6. The van der Waals surface area contributed by atoms with Crippen molar-refractivity contribution in [3.8, 4) is 0 Å². The smallest absolute Gasteiger partial charge is 0.357 e. The lowest BCUT2D eigenvalue weighted by Gasteiger charge is -2.41. The van der Waals surface area contributed by atoms with Crippen molar-refractivity contribution < 1.29 is 186 Å². The van der Waals surface area contributed by atoms with Crippen LogP contribution in [-0.2, 0) is 62.0 Å². The lowest BCUT2D eigenvalue weighted by Crippen LogP contribution is -2.61. The van der Waals surface area contributed by atoms with E-state index >= 15 is 158 Å². The van der Waals surface area contributed by atoms with Crippen molar-refractivity contribution in [1.29, 1.82) is 0 Å². The lowest BCUT2D eigenvalue weighted by atomic mass is 9.36. The third-order valence-electron chi connectivity index (χ3n) is 12.9. The van der Waals surface area contributed by atoms with Gasteiger partial charge >= 0.3 is 74.1 Å². The van der Waals surface area contributed by atoms with Crippen LogP contribution in [0.1, 0.15) is 33.4 Å². The third-order valence-corrected chi connectivity index (χ3v) is 12.9. The predicted molar refractivity (Wildman–Crippen MR) is 209 cm³/mol. The summed E-state index contributed by atoms with van der Waals surface area (Å²) in [6, 6.07) is -13.5. The van der Waals surface area contributed by atoms with Crippen LogP contribution in [0, 0.1) is 0 Å². The highest BCUT2D eigenvalue weighted by atomic mass is 19.5. The van der Waals surface area contributed by atoms with Crippen LogP contribution < -0.4 is 16.4 Å². The van der Waals surface area contributed by atoms with Gasteiger partial charge in [-0.2, -0.15) is 158 Å². The van der Waals surface area contributed by atoms with E-state index in [0.717, 1.165) is 0 Å². The molecule has 0 N–H and O–H groups in total. The molecule has 0 spiro atoms. The summed E-state index contributed by atoms with van der Waals surface area (Å²) in [6.45, 7) is -4.86. The maximum absolute atomic E-state index is 15.1. The van der Waals surface area contributed by atoms with Gasteiger partial charge in [-0.3, -0.25) is 0 Å². The Labute approximate surface area is 448 Å². The van der Waals surface area contributed by atoms with Gasteiger partial charge in [0.1, 0.15) is 0 Å². The first kappa shape index (κ1) is 74.2. The summed E-state index contributed by atoms with van der Waals surface area (Å²) < 4.78 is 563. The minimum absolute atomic E-state index is 0.818. The van der Waals surface area contributed by atoms with Crippen LogP contribution in [-0.4, -0.2) is 123 Å². The summed E-state index contributed by atoms with van der Waals surface area (Å²) in [4.78, 5) is 0. The fraction of sp³-hybridized carbons (Fsp3) is 0.571. The minimum atomic E-state index is -7.58. The van der Waals surface area contributed by atoms with Crippen molar-refractivity contribution in [2.45, 2.75) is 108 Å². The van der Waals surface area contributed by atoms with E-state index in [0.29, 0.717) is 0 Å². The monoisotopic (exact) mass is 1320 g/mol. The van der Waals surface area contributed by atoms with Gasteiger partial charge in [-0.05, 0) is 18.2 Å². The van der Waals surface area contributed by atoms with E-state index in [9.17, 15) is 0 Å². The summed E-state index contributed by atoms with van der Waals surface area (Å²) in [5.41, 5.74) is -71.3. The van der Waals surface area contributed by atoms with Gasteiger partial charge in [0.25, 0.3) is 33.6 Å². The topological polar surface area (TPSA) is 55.4 Å². The highest BCUT2D eigenvalue weighted by molar-refractivity contribution is 6.95. The number of hydrogen-bond acceptors (Lipinski definition) is 6. The van der Waals surface area contributed by atoms with Crippen LogP contribution in [0.2, 0.25) is 0 Å². The standard InChI is InChI=1S/C42H27BF36O6/c1-80-25(31(44,45)46,32(47,48)49)16-7-17(26(81-2,33(50,51)52)34(53,54)55)11-22(10-16)43(23-12-18(27(82-3,35(56,57)58)36(59,60)61)8-19(13-23)28(83-4,37(62,63)64)38(65,66)67)24-14-20(29(84-5,39(68,69)70)40(71,72)73)9-21(15-24)30(85-6,41(74,75)76)42(77,78)79/h7-15H,1-6H3. The highest BCUT2D eigenvalue weighted by Gasteiger charge is 2.80. The molecule has 0 saturated heterocycles. The van der Waals surface area contributed by atoms with Crippen LogP contribution in [0.3, 0.4) is 0 Å². The Balaban J connectivity index is 3.51. The van der Waals surface area contributed by atoms with Crippen LogP contribution in [0.15, 0.2) is 54.6 Å². The molecule has 0 aromatic heterocycles. The lowest BCUT2D eigenvalue weighted by molar-refractivity contribution is -0.386. The molecule has 0 aliphatic heterocycles. The number of ether oxygens (including phenoxy) is 6. The van der Waals surface area contributed by atoms with E-state index in [1.165, 1.54) is 0 Å². The van der Waals surface area contributed by atoms with Crippen LogP contribution >= 0.6 is 0 Å². The maximum atomic E-state index is 15.1. The zero-order valence-corrected chi connectivity index (χ0v) is 41.3. The molecule has 0 heterocycles. The Bertz CT molecular complexity index is 2270. The third kappa shape index (κ3) is 11.1. The number of benzene rings is 3. The van der Waals surface area contributed by atoms with Gasteiger partial charge in [0.15, 0.2) is 0 Å². The first-order chi connectivity index (χ1) is 37.4. The molecule has 0 amide bonds. The average molecular weight is 1320 g/mol. The Morgan fingerprint density at radius 1 is 0.188 bits per heavy atom. The first-order valence-corrected chi connectivity index (χ1v) is 21.0. The Kier molecular flexibility index (Phi) is 19.1. The second-order valence-electron chi connectivity index (χ2n) is 17.2. The summed E-state index contributed by atoms with van der Waals surface area (Å²) in [5, 5.41) is 0. The van der Waals surface area contributed by atoms with E-state index in [1.807, 2.05) is 0 Å². The number of hydrogen-bond donors (Lipinski definition) is 0. The molecule has 0 radical (unpaired) electrons. The Morgan fingerprint density at radius 3 is 0.353 bits per heavy atom. The van der Waals surface area contributed by atoms with E-state index in [-0.39, 0.29) is 0 Å². The molecule has 0 saturated carbocycles. The van der Waals surface area contributed by atoms with Crippen molar-refractivity contribution in [3.63, 3.8) is 0 Å². The zero-order chi connectivity index (χ0) is 67.4. The van der Waals surface area contributed by atoms with Crippen molar-refractivity contribution in [3.05, 3.63) is 88.0 Å². The minimum Gasteiger partial charge on any atom is -0.357 e. The maximum Gasteiger partial charge on any atom is 0.430 e. The highest BCUT2D eigenvalue weighted by Crippen LogP contribution is 2.61. The molecular weight excluding hydrogens is 1300 g/mol. The molecule has 0 unspecified atom stereocenters. The fourth-order valence-corrected chi connectivity index (χ4v) is 9.28. The molecule has 6 nitrogen and oxygen atoms in total. The molecule has 3 aromatic carbocycles. The molecule has 486 valence electrons. The normalized spacial score (nSPS) is 15.5. The largest absolute Gasteiger partial charge is 0.430 e. The first-order valence-electron chi connectivity index (χ1n) is 21.0. The molecule has 0 atom stereocenters. The zero-order valence-electron chi connectivity index (χ0n) is 41.3. The predicted octanol–water partition coefficient (Wildman–Crippen LogP) is 14.0. The Hall–Kier alpha value is -5.04. The van der Waals surface area contributed by atoms with Crippen molar-refractivity contribution in [2.75, 3.05) is 42.7 Å². The molecule has 0 bridgehead atoms. The van der Waals surface area contributed by atoms with Crippen LogP contribution in [0.4, 0.5) is 158 Å². The molecule has 0 aliphatic carbocycles. The van der Waals surface area contributed by atoms with Gasteiger partial charge in [0.05, 0.1) is 0 Å². The fourth-order valence-electron chi connectivity index (χ4n) is 9.28. The van der Waals surface area contributed by atoms with Crippen molar-refractivity contribution >= 4 is 23.1 Å². The van der Waals surface area contributed by atoms with Gasteiger partial charge in [-0.1, -0.05) is 52.8 Å². The van der Waals surface area contributed by atoms with Crippen LogP contribution in [0.25, 0.3) is 0 Å². The van der Waals surface area contributed by atoms with Gasteiger partial charge in [-0.25, -0.2) is 0 Å². The summed E-state index contributed by atoms with van der Waals surface area (Å²) in [5.74, 6) is 0. The van der Waals surface area contributed by atoms with Crippen molar-refractivity contribution in [1.82, 2.24) is 0 Å². The van der Waals surface area contributed by atoms with Crippen molar-refractivity contribution in [2.24, 2.45) is 0 Å². The van der Waals surface area contributed by atoms with E-state index in [4.69, 9.17) is 0 Å². The molecule has 3 rings (SSSR count). The molecule has 0 fully saturated rings.